The molecule has 2 aromatic rings. The number of hydrogen-bond acceptors (Lipinski definition) is 3. The summed E-state index contributed by atoms with van der Waals surface area (Å²) in [4.78, 5) is 7.59. The van der Waals surface area contributed by atoms with Gasteiger partial charge in [0.2, 0.25) is 0 Å². The average Bonchev–Trinajstić information content (AvgIpc) is 2.76. The maximum atomic E-state index is 4.35. The van der Waals surface area contributed by atoms with Crippen LogP contribution in [-0.4, -0.2) is 27.1 Å². The fourth-order valence-electron chi connectivity index (χ4n) is 3.88. The molecule has 4 nitrogen and oxygen atoms in total. The third kappa shape index (κ3) is 3.27. The first kappa shape index (κ1) is 14.5. The summed E-state index contributed by atoms with van der Waals surface area (Å²) in [5, 5.41) is 8.69. The van der Waals surface area contributed by atoms with Gasteiger partial charge in [-0.3, -0.25) is 0 Å². The van der Waals surface area contributed by atoms with Gasteiger partial charge in [0.1, 0.15) is 5.65 Å². The molecule has 1 aliphatic rings. The smallest absolute Gasteiger partial charge is 0.137 e. The van der Waals surface area contributed by atoms with Crippen LogP contribution in [0.4, 0.5) is 0 Å². The van der Waals surface area contributed by atoms with E-state index in [1.807, 2.05) is 12.3 Å². The molecule has 3 rings (SSSR count). The summed E-state index contributed by atoms with van der Waals surface area (Å²) in [5.41, 5.74) is 2.63. The van der Waals surface area contributed by atoms with Crippen LogP contribution in [0.5, 0.6) is 0 Å². The summed E-state index contributed by atoms with van der Waals surface area (Å²) in [6.07, 6.45) is 6.20. The van der Waals surface area contributed by atoms with Crippen LogP contribution >= 0.6 is 0 Å². The summed E-state index contributed by atoms with van der Waals surface area (Å²) < 4.78 is 0. The zero-order chi connectivity index (χ0) is 15.1. The predicted molar refractivity (Wildman–Crippen MR) is 87.2 cm³/mol. The number of rotatable bonds is 3. The monoisotopic (exact) mass is 286 g/mol. The summed E-state index contributed by atoms with van der Waals surface area (Å²) in [6.45, 7) is 10.1. The first-order chi connectivity index (χ1) is 9.85. The summed E-state index contributed by atoms with van der Waals surface area (Å²) >= 11 is 0. The number of pyridine rings is 1. The van der Waals surface area contributed by atoms with Crippen molar-refractivity contribution < 1.29 is 0 Å². The van der Waals surface area contributed by atoms with Crippen molar-refractivity contribution in [1.29, 1.82) is 0 Å². The molecule has 4 heteroatoms. The Kier molecular flexibility index (Phi) is 3.54. The van der Waals surface area contributed by atoms with Crippen LogP contribution < -0.4 is 10.6 Å². The zero-order valence-electron chi connectivity index (χ0n) is 13.5. The van der Waals surface area contributed by atoms with Gasteiger partial charge >= 0.3 is 0 Å². The van der Waals surface area contributed by atoms with Crippen LogP contribution in [0.25, 0.3) is 11.0 Å². The minimum atomic E-state index is 0.182. The molecule has 0 aliphatic carbocycles. The molecular weight excluding hydrogens is 260 g/mol. The molecular formula is C17H26N4. The molecule has 0 bridgehead atoms. The standard InChI is InChI=1S/C17H26N4/c1-16(2)8-13(9-17(3,4)21-16)19-10-12-11-20-15-14(12)6-5-7-18-15/h5-7,11,13,19,21H,8-10H2,1-4H3,(H,18,20). The second-order valence-corrected chi connectivity index (χ2v) is 7.59. The second-order valence-electron chi connectivity index (χ2n) is 7.59. The lowest BCUT2D eigenvalue weighted by molar-refractivity contribution is 0.145. The molecule has 0 spiro atoms. The highest BCUT2D eigenvalue weighted by Gasteiger charge is 2.37. The SMILES string of the molecule is CC1(C)CC(NCc2c[nH]c3ncccc23)CC(C)(C)N1. The normalized spacial score (nSPS) is 21.7. The van der Waals surface area contributed by atoms with E-state index in [0.717, 1.165) is 25.0 Å². The highest BCUT2D eigenvalue weighted by Crippen LogP contribution is 2.29. The first-order valence-electron chi connectivity index (χ1n) is 7.78. The van der Waals surface area contributed by atoms with E-state index in [-0.39, 0.29) is 11.1 Å². The van der Waals surface area contributed by atoms with Crippen molar-refractivity contribution in [3.05, 3.63) is 30.1 Å². The molecule has 1 fully saturated rings. The Morgan fingerprint density at radius 3 is 2.67 bits per heavy atom. The number of fused-ring (bicyclic) bond motifs is 1. The van der Waals surface area contributed by atoms with Crippen LogP contribution in [0.15, 0.2) is 24.5 Å². The van der Waals surface area contributed by atoms with Crippen LogP contribution in [0.1, 0.15) is 46.1 Å². The van der Waals surface area contributed by atoms with Crippen LogP contribution in [0.3, 0.4) is 0 Å². The molecule has 0 radical (unpaired) electrons. The molecule has 3 N–H and O–H groups in total. The molecule has 1 saturated heterocycles. The van der Waals surface area contributed by atoms with Gasteiger partial charge in [-0.25, -0.2) is 4.98 Å². The number of H-pyrrole nitrogens is 1. The molecule has 3 heterocycles. The third-order valence-corrected chi connectivity index (χ3v) is 4.31. The quantitative estimate of drug-likeness (QED) is 0.813. The third-order valence-electron chi connectivity index (χ3n) is 4.31. The van der Waals surface area contributed by atoms with Crippen molar-refractivity contribution in [3.8, 4) is 0 Å². The van der Waals surface area contributed by atoms with Crippen molar-refractivity contribution in [2.45, 2.75) is 64.2 Å². The van der Waals surface area contributed by atoms with Gasteiger partial charge < -0.3 is 15.6 Å². The maximum Gasteiger partial charge on any atom is 0.137 e. The van der Waals surface area contributed by atoms with Gasteiger partial charge in [-0.05, 0) is 58.2 Å². The fourth-order valence-corrected chi connectivity index (χ4v) is 3.88. The molecule has 2 aromatic heterocycles. The van der Waals surface area contributed by atoms with Crippen molar-refractivity contribution in [1.82, 2.24) is 20.6 Å². The molecule has 114 valence electrons. The Morgan fingerprint density at radius 2 is 1.95 bits per heavy atom. The summed E-state index contributed by atoms with van der Waals surface area (Å²) in [6, 6.07) is 4.67. The van der Waals surface area contributed by atoms with Crippen LogP contribution in [0, 0.1) is 0 Å². The minimum absolute atomic E-state index is 0.182. The number of aromatic nitrogens is 2. The first-order valence-corrected chi connectivity index (χ1v) is 7.78. The fraction of sp³-hybridized carbons (Fsp3) is 0.588. The van der Waals surface area contributed by atoms with E-state index >= 15 is 0 Å². The van der Waals surface area contributed by atoms with Crippen molar-refractivity contribution in [2.24, 2.45) is 0 Å². The van der Waals surface area contributed by atoms with E-state index < -0.39 is 0 Å². The Morgan fingerprint density at radius 1 is 1.24 bits per heavy atom. The summed E-state index contributed by atoms with van der Waals surface area (Å²) in [7, 11) is 0. The van der Waals surface area contributed by atoms with Gasteiger partial charge in [-0.15, -0.1) is 0 Å². The van der Waals surface area contributed by atoms with Crippen molar-refractivity contribution in [2.75, 3.05) is 0 Å². The molecule has 21 heavy (non-hydrogen) atoms. The Bertz CT molecular complexity index is 611. The lowest BCUT2D eigenvalue weighted by Gasteiger charge is -2.46. The van der Waals surface area contributed by atoms with E-state index in [9.17, 15) is 0 Å². The van der Waals surface area contributed by atoms with Gasteiger partial charge in [0.15, 0.2) is 0 Å². The molecule has 0 unspecified atom stereocenters. The summed E-state index contributed by atoms with van der Waals surface area (Å²) in [5.74, 6) is 0. The van der Waals surface area contributed by atoms with Gasteiger partial charge in [0.25, 0.3) is 0 Å². The molecule has 0 atom stereocenters. The van der Waals surface area contributed by atoms with E-state index in [0.29, 0.717) is 6.04 Å². The van der Waals surface area contributed by atoms with Gasteiger partial charge in [-0.1, -0.05) is 0 Å². The lowest BCUT2D eigenvalue weighted by atomic mass is 9.79. The van der Waals surface area contributed by atoms with Gasteiger partial charge in [0.05, 0.1) is 0 Å². The Balaban J connectivity index is 1.70. The minimum Gasteiger partial charge on any atom is -0.346 e. The average molecular weight is 286 g/mol. The highest BCUT2D eigenvalue weighted by molar-refractivity contribution is 5.79. The maximum absolute atomic E-state index is 4.35. The van der Waals surface area contributed by atoms with E-state index in [1.54, 1.807) is 0 Å². The Hall–Kier alpha value is -1.39. The largest absolute Gasteiger partial charge is 0.346 e. The second kappa shape index (κ2) is 5.11. The Labute approximate surface area is 126 Å². The van der Waals surface area contributed by atoms with E-state index in [4.69, 9.17) is 0 Å². The molecule has 0 saturated carbocycles. The molecule has 0 amide bonds. The van der Waals surface area contributed by atoms with Gasteiger partial charge in [0, 0.05) is 41.4 Å². The number of nitrogens with one attached hydrogen (secondary N) is 3. The zero-order valence-corrected chi connectivity index (χ0v) is 13.5. The molecule has 1 aliphatic heterocycles. The van der Waals surface area contributed by atoms with Crippen LogP contribution in [0.2, 0.25) is 0 Å². The number of piperidine rings is 1. The van der Waals surface area contributed by atoms with E-state index in [1.165, 1.54) is 10.9 Å². The topological polar surface area (TPSA) is 52.7 Å². The van der Waals surface area contributed by atoms with E-state index in [2.05, 4.69) is 60.6 Å². The highest BCUT2D eigenvalue weighted by atomic mass is 15.1. The predicted octanol–water partition coefficient (Wildman–Crippen LogP) is 2.96. The number of nitrogens with zero attached hydrogens (tertiary/aromatic N) is 1. The van der Waals surface area contributed by atoms with Crippen LogP contribution in [-0.2, 0) is 6.54 Å². The van der Waals surface area contributed by atoms with Crippen molar-refractivity contribution in [3.63, 3.8) is 0 Å². The number of hydrogen-bond donors (Lipinski definition) is 3. The van der Waals surface area contributed by atoms with Gasteiger partial charge in [-0.2, -0.15) is 0 Å². The lowest BCUT2D eigenvalue weighted by Crippen LogP contribution is -2.61. The molecule has 0 aromatic carbocycles. The number of aromatic amines is 1. The van der Waals surface area contributed by atoms with Crippen molar-refractivity contribution >= 4 is 11.0 Å².